The van der Waals surface area contributed by atoms with Crippen LogP contribution in [0.1, 0.15) is 24.3 Å². The second-order valence-electron chi connectivity index (χ2n) is 5.98. The number of rotatable bonds is 7. The molecule has 1 aromatic rings. The van der Waals surface area contributed by atoms with Gasteiger partial charge in [-0.1, -0.05) is 18.2 Å². The molecule has 23 heavy (non-hydrogen) atoms. The summed E-state index contributed by atoms with van der Waals surface area (Å²) in [5.74, 6) is 0.319. The number of urea groups is 1. The number of hydrogen-bond acceptors (Lipinski definition) is 4. The number of para-hydroxylation sites is 1. The zero-order chi connectivity index (χ0) is 16.7. The maximum Gasteiger partial charge on any atom is 0.315 e. The van der Waals surface area contributed by atoms with Crippen LogP contribution in [-0.4, -0.2) is 57.6 Å². The standard InChI is InChI=1S/C17H27N3O3/c1-20-9-7-13(15-5-3-4-6-16(15)20)11-18-17(22)19-14(12-21)8-10-23-2/h3-6,13-14,21H,7-12H2,1-2H3,(H2,18,19,22)/t13-,14+/m0/s1. The molecule has 1 aliphatic rings. The number of aliphatic hydroxyl groups is 1. The lowest BCUT2D eigenvalue weighted by Gasteiger charge is -2.33. The van der Waals surface area contributed by atoms with Crippen LogP contribution in [0.5, 0.6) is 0 Å². The van der Waals surface area contributed by atoms with Crippen molar-refractivity contribution in [3.63, 3.8) is 0 Å². The molecule has 0 fully saturated rings. The number of amides is 2. The molecule has 0 saturated heterocycles. The van der Waals surface area contributed by atoms with Crippen molar-refractivity contribution >= 4 is 11.7 Å². The molecule has 2 rings (SSSR count). The summed E-state index contributed by atoms with van der Waals surface area (Å²) in [4.78, 5) is 14.3. The molecule has 0 bridgehead atoms. The van der Waals surface area contributed by atoms with Crippen LogP contribution >= 0.6 is 0 Å². The highest BCUT2D eigenvalue weighted by atomic mass is 16.5. The van der Waals surface area contributed by atoms with E-state index >= 15 is 0 Å². The number of aliphatic hydroxyl groups excluding tert-OH is 1. The molecule has 0 unspecified atom stereocenters. The van der Waals surface area contributed by atoms with Crippen LogP contribution in [0.25, 0.3) is 0 Å². The molecule has 0 aliphatic carbocycles. The molecule has 0 spiro atoms. The van der Waals surface area contributed by atoms with E-state index in [4.69, 9.17) is 4.74 Å². The summed E-state index contributed by atoms with van der Waals surface area (Å²) in [6.45, 7) is 2.00. The second-order valence-corrected chi connectivity index (χ2v) is 5.98. The number of nitrogens with zero attached hydrogens (tertiary/aromatic N) is 1. The maximum atomic E-state index is 12.0. The minimum Gasteiger partial charge on any atom is -0.394 e. The van der Waals surface area contributed by atoms with Crippen LogP contribution in [0.3, 0.4) is 0 Å². The average Bonchev–Trinajstić information content (AvgIpc) is 2.58. The SMILES string of the molecule is COCC[C@H](CO)NC(=O)NC[C@@H]1CCN(C)c2ccccc21. The highest BCUT2D eigenvalue weighted by Crippen LogP contribution is 2.33. The fourth-order valence-corrected chi connectivity index (χ4v) is 2.94. The van der Waals surface area contributed by atoms with Crippen molar-refractivity contribution < 1.29 is 14.6 Å². The van der Waals surface area contributed by atoms with Crippen LogP contribution < -0.4 is 15.5 Å². The number of anilines is 1. The predicted octanol–water partition coefficient (Wildman–Crippen LogP) is 1.31. The molecule has 1 aromatic carbocycles. The Labute approximate surface area is 137 Å². The van der Waals surface area contributed by atoms with Gasteiger partial charge in [-0.25, -0.2) is 4.79 Å². The van der Waals surface area contributed by atoms with Gasteiger partial charge in [0.1, 0.15) is 0 Å². The van der Waals surface area contributed by atoms with E-state index in [2.05, 4.69) is 34.7 Å². The normalized spacial score (nSPS) is 18.2. The van der Waals surface area contributed by atoms with Crippen molar-refractivity contribution in [2.24, 2.45) is 0 Å². The molecule has 128 valence electrons. The molecule has 2 amide bonds. The quantitative estimate of drug-likeness (QED) is 0.708. The van der Waals surface area contributed by atoms with Gasteiger partial charge in [0.2, 0.25) is 0 Å². The molecule has 6 heteroatoms. The van der Waals surface area contributed by atoms with E-state index in [1.165, 1.54) is 11.3 Å². The molecule has 3 N–H and O–H groups in total. The van der Waals surface area contributed by atoms with Crippen molar-refractivity contribution in [3.8, 4) is 0 Å². The molecule has 1 aliphatic heterocycles. The Morgan fingerprint density at radius 3 is 3.00 bits per heavy atom. The number of methoxy groups -OCH3 is 1. The summed E-state index contributed by atoms with van der Waals surface area (Å²) in [5, 5.41) is 15.0. The minimum atomic E-state index is -0.278. The number of hydrogen-bond donors (Lipinski definition) is 3. The molecule has 2 atom stereocenters. The Morgan fingerprint density at radius 2 is 2.26 bits per heavy atom. The molecular weight excluding hydrogens is 294 g/mol. The van der Waals surface area contributed by atoms with Crippen molar-refractivity contribution in [1.82, 2.24) is 10.6 Å². The first-order chi connectivity index (χ1) is 11.2. The van der Waals surface area contributed by atoms with Gasteiger partial charge in [0.25, 0.3) is 0 Å². The first kappa shape index (κ1) is 17.6. The first-order valence-electron chi connectivity index (χ1n) is 8.10. The lowest BCUT2D eigenvalue weighted by molar-refractivity contribution is 0.159. The number of benzene rings is 1. The number of carbonyl (C=O) groups excluding carboxylic acids is 1. The van der Waals surface area contributed by atoms with Gasteiger partial charge in [0.05, 0.1) is 12.6 Å². The monoisotopic (exact) mass is 321 g/mol. The van der Waals surface area contributed by atoms with Crippen LogP contribution in [0.2, 0.25) is 0 Å². The molecule has 0 aromatic heterocycles. The largest absolute Gasteiger partial charge is 0.394 e. The highest BCUT2D eigenvalue weighted by Gasteiger charge is 2.23. The Bertz CT molecular complexity index is 510. The Kier molecular flexibility index (Phi) is 6.67. The topological polar surface area (TPSA) is 73.8 Å². The van der Waals surface area contributed by atoms with Gasteiger partial charge in [-0.05, 0) is 24.5 Å². The Hall–Kier alpha value is -1.79. The fraction of sp³-hybridized carbons (Fsp3) is 0.588. The van der Waals surface area contributed by atoms with Gasteiger partial charge >= 0.3 is 6.03 Å². The summed E-state index contributed by atoms with van der Waals surface area (Å²) >= 11 is 0. The van der Waals surface area contributed by atoms with Crippen LogP contribution in [0, 0.1) is 0 Å². The van der Waals surface area contributed by atoms with Gasteiger partial charge in [0.15, 0.2) is 0 Å². The van der Waals surface area contributed by atoms with Crippen molar-refractivity contribution in [2.45, 2.75) is 24.8 Å². The average molecular weight is 321 g/mol. The number of fused-ring (bicyclic) bond motifs is 1. The summed E-state index contributed by atoms with van der Waals surface area (Å²) in [6, 6.07) is 7.81. The third-order valence-corrected chi connectivity index (χ3v) is 4.34. The number of nitrogens with one attached hydrogen (secondary N) is 2. The lowest BCUT2D eigenvalue weighted by atomic mass is 9.90. The smallest absolute Gasteiger partial charge is 0.315 e. The predicted molar refractivity (Wildman–Crippen MR) is 91.0 cm³/mol. The van der Waals surface area contributed by atoms with Gasteiger partial charge in [-0.3, -0.25) is 0 Å². The summed E-state index contributed by atoms with van der Waals surface area (Å²) in [7, 11) is 3.70. The van der Waals surface area contributed by atoms with E-state index in [0.29, 0.717) is 25.5 Å². The van der Waals surface area contributed by atoms with Gasteiger partial charge < -0.3 is 25.4 Å². The first-order valence-corrected chi connectivity index (χ1v) is 8.10. The molecule has 0 radical (unpaired) electrons. The van der Waals surface area contributed by atoms with E-state index in [1.807, 2.05) is 12.1 Å². The van der Waals surface area contributed by atoms with Crippen LogP contribution in [0.15, 0.2) is 24.3 Å². The number of carbonyl (C=O) groups is 1. The van der Waals surface area contributed by atoms with Crippen molar-refractivity contribution in [1.29, 1.82) is 0 Å². The third-order valence-electron chi connectivity index (χ3n) is 4.34. The molecule has 1 heterocycles. The number of ether oxygens (including phenoxy) is 1. The van der Waals surface area contributed by atoms with Crippen LogP contribution in [-0.2, 0) is 4.74 Å². The molecular formula is C17H27N3O3. The van der Waals surface area contributed by atoms with Gasteiger partial charge in [-0.15, -0.1) is 0 Å². The van der Waals surface area contributed by atoms with Crippen molar-refractivity contribution in [3.05, 3.63) is 29.8 Å². The maximum absolute atomic E-state index is 12.0. The molecule has 6 nitrogen and oxygen atoms in total. The van der Waals surface area contributed by atoms with E-state index < -0.39 is 0 Å². The second kappa shape index (κ2) is 8.74. The Morgan fingerprint density at radius 1 is 1.48 bits per heavy atom. The zero-order valence-corrected chi connectivity index (χ0v) is 13.9. The zero-order valence-electron chi connectivity index (χ0n) is 13.9. The van der Waals surface area contributed by atoms with E-state index in [1.54, 1.807) is 7.11 Å². The fourth-order valence-electron chi connectivity index (χ4n) is 2.94. The van der Waals surface area contributed by atoms with E-state index in [-0.39, 0.29) is 18.7 Å². The Balaban J connectivity index is 1.86. The summed E-state index contributed by atoms with van der Waals surface area (Å²) < 4.78 is 4.97. The van der Waals surface area contributed by atoms with Gasteiger partial charge in [0, 0.05) is 45.5 Å². The van der Waals surface area contributed by atoms with Gasteiger partial charge in [-0.2, -0.15) is 0 Å². The van der Waals surface area contributed by atoms with Crippen molar-refractivity contribution in [2.75, 3.05) is 45.4 Å². The molecule has 0 saturated carbocycles. The minimum absolute atomic E-state index is 0.0894. The third kappa shape index (κ3) is 4.84. The lowest BCUT2D eigenvalue weighted by Crippen LogP contribution is -2.45. The van der Waals surface area contributed by atoms with E-state index in [9.17, 15) is 9.90 Å². The summed E-state index contributed by atoms with van der Waals surface area (Å²) in [5.41, 5.74) is 2.51. The van der Waals surface area contributed by atoms with E-state index in [0.717, 1.165) is 13.0 Å². The van der Waals surface area contributed by atoms with Crippen LogP contribution in [0.4, 0.5) is 10.5 Å². The highest BCUT2D eigenvalue weighted by molar-refractivity contribution is 5.74. The summed E-state index contributed by atoms with van der Waals surface area (Å²) in [6.07, 6.45) is 1.61.